The summed E-state index contributed by atoms with van der Waals surface area (Å²) in [6.07, 6.45) is 4.71. The summed E-state index contributed by atoms with van der Waals surface area (Å²) in [5, 5.41) is 15.6. The van der Waals surface area contributed by atoms with Crippen LogP contribution in [0.4, 0.5) is 0 Å². The molecule has 0 aliphatic carbocycles. The van der Waals surface area contributed by atoms with Crippen LogP contribution in [0.1, 0.15) is 49.8 Å². The predicted molar refractivity (Wildman–Crippen MR) is 126 cm³/mol. The first kappa shape index (κ1) is 22.7. The third-order valence-electron chi connectivity index (χ3n) is 6.67. The fourth-order valence-corrected chi connectivity index (χ4v) is 4.50. The van der Waals surface area contributed by atoms with Crippen LogP contribution in [0.5, 0.6) is 0 Å². The molecule has 3 atom stereocenters. The van der Waals surface area contributed by atoms with Gasteiger partial charge in [0.15, 0.2) is 11.8 Å². The number of guanidine groups is 1. The summed E-state index contributed by atoms with van der Waals surface area (Å²) in [6, 6.07) is 11.7. The van der Waals surface area contributed by atoms with Gasteiger partial charge in [-0.05, 0) is 45.1 Å². The molecule has 0 amide bonds. The largest absolute Gasteiger partial charge is 0.376 e. The lowest BCUT2D eigenvalue weighted by atomic mass is 9.97. The van der Waals surface area contributed by atoms with Gasteiger partial charge in [-0.1, -0.05) is 30.3 Å². The van der Waals surface area contributed by atoms with Gasteiger partial charge in [0.1, 0.15) is 12.4 Å². The van der Waals surface area contributed by atoms with Crippen LogP contribution < -0.4 is 10.6 Å². The van der Waals surface area contributed by atoms with Gasteiger partial charge in [-0.3, -0.25) is 4.90 Å². The van der Waals surface area contributed by atoms with E-state index in [1.54, 1.807) is 0 Å². The van der Waals surface area contributed by atoms with Gasteiger partial charge in [0.25, 0.3) is 0 Å². The number of aromatic nitrogens is 3. The lowest BCUT2D eigenvalue weighted by Gasteiger charge is -2.38. The number of nitrogens with one attached hydrogen (secondary N) is 2. The zero-order valence-corrected chi connectivity index (χ0v) is 19.6. The van der Waals surface area contributed by atoms with Gasteiger partial charge in [0.2, 0.25) is 0 Å². The smallest absolute Gasteiger partial charge is 0.192 e. The van der Waals surface area contributed by atoms with E-state index < -0.39 is 0 Å². The van der Waals surface area contributed by atoms with Crippen LogP contribution in [0, 0.1) is 6.92 Å². The molecule has 0 saturated carbocycles. The number of aryl methyl sites for hydroxylation is 1. The first-order valence-electron chi connectivity index (χ1n) is 11.9. The monoisotopic (exact) mass is 439 g/mol. The molecule has 0 spiro atoms. The van der Waals surface area contributed by atoms with Gasteiger partial charge in [-0.2, -0.15) is 0 Å². The highest BCUT2D eigenvalue weighted by molar-refractivity contribution is 5.80. The second-order valence-electron chi connectivity index (χ2n) is 9.07. The molecule has 4 rings (SSSR count). The van der Waals surface area contributed by atoms with Crippen LogP contribution in [0.15, 0.2) is 35.3 Å². The highest BCUT2D eigenvalue weighted by atomic mass is 16.5. The highest BCUT2D eigenvalue weighted by Crippen LogP contribution is 2.20. The fourth-order valence-electron chi connectivity index (χ4n) is 4.50. The summed E-state index contributed by atoms with van der Waals surface area (Å²) < 4.78 is 7.78. The van der Waals surface area contributed by atoms with E-state index in [1.165, 1.54) is 5.56 Å². The van der Waals surface area contributed by atoms with Crippen molar-refractivity contribution in [3.05, 3.63) is 47.5 Å². The Morgan fingerprint density at radius 3 is 2.75 bits per heavy atom. The fraction of sp³-hybridized carbons (Fsp3) is 0.625. The molecule has 2 fully saturated rings. The number of hydrogen-bond acceptors (Lipinski definition) is 5. The Balaban J connectivity index is 1.35. The molecule has 8 nitrogen and oxygen atoms in total. The average molecular weight is 440 g/mol. The third kappa shape index (κ3) is 6.07. The minimum absolute atomic E-state index is 0.269. The average Bonchev–Trinajstić information content (AvgIpc) is 3.43. The molecule has 0 bridgehead atoms. The Hall–Kier alpha value is -2.45. The van der Waals surface area contributed by atoms with Crippen molar-refractivity contribution in [1.82, 2.24) is 30.3 Å². The quantitative estimate of drug-likeness (QED) is 0.509. The third-order valence-corrected chi connectivity index (χ3v) is 6.67. The molecule has 1 aromatic carbocycles. The highest BCUT2D eigenvalue weighted by Gasteiger charge is 2.26. The van der Waals surface area contributed by atoms with E-state index in [0.29, 0.717) is 18.6 Å². The van der Waals surface area contributed by atoms with Gasteiger partial charge in [-0.25, -0.2) is 4.99 Å². The van der Waals surface area contributed by atoms with Crippen molar-refractivity contribution in [2.75, 3.05) is 19.7 Å². The molecule has 2 N–H and O–H groups in total. The zero-order valence-electron chi connectivity index (χ0n) is 19.6. The number of rotatable bonds is 7. The number of ether oxygens (including phenoxy) is 1. The molecular formula is C24H37N7O. The minimum Gasteiger partial charge on any atom is -0.376 e. The van der Waals surface area contributed by atoms with Gasteiger partial charge >= 0.3 is 0 Å². The molecular weight excluding hydrogens is 402 g/mol. The number of likely N-dealkylation sites (tertiary alicyclic amines) is 1. The van der Waals surface area contributed by atoms with E-state index in [2.05, 4.69) is 63.0 Å². The van der Waals surface area contributed by atoms with Gasteiger partial charge in [0.05, 0.1) is 6.10 Å². The number of hydrogen-bond donors (Lipinski definition) is 2. The maximum absolute atomic E-state index is 5.79. The molecule has 2 aliphatic heterocycles. The van der Waals surface area contributed by atoms with Crippen LogP contribution in [0.2, 0.25) is 0 Å². The standard InChI is InChI=1S/C24H37N7O/c1-18-14-21(11-12-31(18)17-20-8-5-4-6-9-20)27-24(25-15-22-10-7-13-32-22)26-16-23-29-28-19(2)30(23)3/h4-6,8-9,18,21-22H,7,10-17H2,1-3H3,(H2,25,26,27). The summed E-state index contributed by atoms with van der Waals surface area (Å²) in [4.78, 5) is 7.41. The van der Waals surface area contributed by atoms with Crippen LogP contribution in [0.25, 0.3) is 0 Å². The SMILES string of the molecule is Cc1nnc(CN=C(NCC2CCCO2)NC2CCN(Cc3ccccc3)C(C)C2)n1C. The van der Waals surface area contributed by atoms with Gasteiger partial charge in [-0.15, -0.1) is 10.2 Å². The minimum atomic E-state index is 0.269. The van der Waals surface area contributed by atoms with Crippen molar-refractivity contribution in [2.45, 2.75) is 70.8 Å². The summed E-state index contributed by atoms with van der Waals surface area (Å²) in [5.74, 6) is 2.61. The van der Waals surface area contributed by atoms with Crippen molar-refractivity contribution < 1.29 is 4.74 Å². The topological polar surface area (TPSA) is 79.6 Å². The zero-order chi connectivity index (χ0) is 22.3. The van der Waals surface area contributed by atoms with E-state index in [9.17, 15) is 0 Å². The van der Waals surface area contributed by atoms with Crippen LogP contribution >= 0.6 is 0 Å². The Bertz CT molecular complexity index is 876. The van der Waals surface area contributed by atoms with Crippen molar-refractivity contribution >= 4 is 5.96 Å². The molecule has 2 saturated heterocycles. The van der Waals surface area contributed by atoms with E-state index in [-0.39, 0.29) is 6.10 Å². The second kappa shape index (κ2) is 10.9. The number of aliphatic imine (C=N–C) groups is 1. The molecule has 3 unspecified atom stereocenters. The molecule has 8 heteroatoms. The van der Waals surface area contributed by atoms with Gasteiger partial charge in [0, 0.05) is 45.4 Å². The maximum Gasteiger partial charge on any atom is 0.192 e. The van der Waals surface area contributed by atoms with Crippen molar-refractivity contribution in [3.8, 4) is 0 Å². The number of nitrogens with zero attached hydrogens (tertiary/aromatic N) is 5. The molecule has 2 aromatic rings. The Labute approximate surface area is 191 Å². The maximum atomic E-state index is 5.79. The Kier molecular flexibility index (Phi) is 7.76. The summed E-state index contributed by atoms with van der Waals surface area (Å²) in [6.45, 7) is 8.53. The lowest BCUT2D eigenvalue weighted by Crippen LogP contribution is -2.52. The Morgan fingerprint density at radius 1 is 1.22 bits per heavy atom. The molecule has 2 aliphatic rings. The molecule has 1 aromatic heterocycles. The van der Waals surface area contributed by atoms with Crippen LogP contribution in [-0.2, 0) is 24.9 Å². The number of piperidine rings is 1. The van der Waals surface area contributed by atoms with E-state index in [1.807, 2.05) is 18.5 Å². The van der Waals surface area contributed by atoms with E-state index in [4.69, 9.17) is 9.73 Å². The first-order chi connectivity index (χ1) is 15.6. The number of benzene rings is 1. The molecule has 32 heavy (non-hydrogen) atoms. The Morgan fingerprint density at radius 2 is 2.06 bits per heavy atom. The van der Waals surface area contributed by atoms with Crippen LogP contribution in [0.3, 0.4) is 0 Å². The van der Waals surface area contributed by atoms with Crippen molar-refractivity contribution in [3.63, 3.8) is 0 Å². The normalized spacial score (nSPS) is 24.6. The summed E-state index contributed by atoms with van der Waals surface area (Å²) in [5.41, 5.74) is 1.38. The first-order valence-corrected chi connectivity index (χ1v) is 11.9. The summed E-state index contributed by atoms with van der Waals surface area (Å²) in [7, 11) is 1.98. The van der Waals surface area contributed by atoms with Gasteiger partial charge < -0.3 is 19.9 Å². The lowest BCUT2D eigenvalue weighted by molar-refractivity contribution is 0.113. The second-order valence-corrected chi connectivity index (χ2v) is 9.07. The molecule has 3 heterocycles. The molecule has 0 radical (unpaired) electrons. The molecule has 174 valence electrons. The van der Waals surface area contributed by atoms with E-state index >= 15 is 0 Å². The van der Waals surface area contributed by atoms with E-state index in [0.717, 1.165) is 69.5 Å². The van der Waals surface area contributed by atoms with Crippen molar-refractivity contribution in [1.29, 1.82) is 0 Å². The van der Waals surface area contributed by atoms with Crippen molar-refractivity contribution in [2.24, 2.45) is 12.0 Å². The predicted octanol–water partition coefficient (Wildman–Crippen LogP) is 2.39. The summed E-state index contributed by atoms with van der Waals surface area (Å²) >= 11 is 0. The van der Waals surface area contributed by atoms with Crippen LogP contribution in [-0.4, -0.2) is 63.5 Å².